The Labute approximate surface area is 208 Å². The van der Waals surface area contributed by atoms with Crippen LogP contribution in [0.3, 0.4) is 0 Å². The van der Waals surface area contributed by atoms with Crippen molar-refractivity contribution in [2.75, 3.05) is 36.9 Å². The van der Waals surface area contributed by atoms with Crippen molar-refractivity contribution in [2.45, 2.75) is 51.6 Å². The van der Waals surface area contributed by atoms with E-state index < -0.39 is 0 Å². The van der Waals surface area contributed by atoms with Crippen LogP contribution in [0, 0.1) is 19.3 Å². The van der Waals surface area contributed by atoms with Crippen LogP contribution in [0.2, 0.25) is 0 Å². The molecule has 3 aromatic rings. The Kier molecular flexibility index (Phi) is 5.43. The highest BCUT2D eigenvalue weighted by Crippen LogP contribution is 2.39. The van der Waals surface area contributed by atoms with Gasteiger partial charge in [-0.25, -0.2) is 15.0 Å². The summed E-state index contributed by atoms with van der Waals surface area (Å²) >= 11 is 1.33. The molecule has 3 aliphatic rings. The molecule has 6 rings (SSSR count). The zero-order valence-corrected chi connectivity index (χ0v) is 21.0. The second-order valence-corrected chi connectivity index (χ2v) is 11.2. The lowest BCUT2D eigenvalue weighted by Crippen LogP contribution is -2.40. The van der Waals surface area contributed by atoms with Crippen molar-refractivity contribution in [1.82, 2.24) is 20.3 Å². The van der Waals surface area contributed by atoms with E-state index >= 15 is 0 Å². The number of nitrogens with zero attached hydrogens (tertiary/aromatic N) is 4. The van der Waals surface area contributed by atoms with Crippen molar-refractivity contribution in [2.24, 2.45) is 11.1 Å². The summed E-state index contributed by atoms with van der Waals surface area (Å²) < 4.78 is 5.66. The molecule has 1 amide bonds. The monoisotopic (exact) mass is 493 g/mol. The molecule has 10 heteroatoms. The standard InChI is InChI=1S/C25H31N7O2S/c1-13-20-21(27)22(35-24(20)29-14(2)28-13)23(33)30-16-4-5-17-15(9-16)3-6-19(31-17)32-10-18(26)25(11-32)7-8-34-12-25/h3,6,16,18H,4-5,7-12,26-27H2,1-2H3,(H,30,33). The predicted molar refractivity (Wildman–Crippen MR) is 137 cm³/mol. The molecular weight excluding hydrogens is 462 g/mol. The maximum atomic E-state index is 13.1. The van der Waals surface area contributed by atoms with Crippen LogP contribution in [0.15, 0.2) is 12.1 Å². The van der Waals surface area contributed by atoms with E-state index in [1.54, 1.807) is 0 Å². The molecule has 2 saturated heterocycles. The van der Waals surface area contributed by atoms with Crippen LogP contribution in [0.5, 0.6) is 0 Å². The number of hydrogen-bond acceptors (Lipinski definition) is 9. The highest BCUT2D eigenvalue weighted by molar-refractivity contribution is 7.21. The van der Waals surface area contributed by atoms with E-state index in [2.05, 4.69) is 32.3 Å². The number of carbonyl (C=O) groups is 1. The topological polar surface area (TPSA) is 132 Å². The third-order valence-electron chi connectivity index (χ3n) is 7.84. The molecule has 35 heavy (non-hydrogen) atoms. The van der Waals surface area contributed by atoms with E-state index in [1.807, 2.05) is 13.8 Å². The summed E-state index contributed by atoms with van der Waals surface area (Å²) in [5.74, 6) is 1.53. The van der Waals surface area contributed by atoms with Gasteiger partial charge in [0.15, 0.2) is 0 Å². The molecule has 184 valence electrons. The van der Waals surface area contributed by atoms with Gasteiger partial charge in [0.05, 0.1) is 23.4 Å². The molecule has 5 heterocycles. The number of fused-ring (bicyclic) bond motifs is 2. The number of pyridine rings is 1. The minimum Gasteiger partial charge on any atom is -0.397 e. The summed E-state index contributed by atoms with van der Waals surface area (Å²) in [4.78, 5) is 30.6. The first kappa shape index (κ1) is 22.6. The number of hydrogen-bond donors (Lipinski definition) is 3. The van der Waals surface area contributed by atoms with Crippen LogP contribution < -0.4 is 21.7 Å². The van der Waals surface area contributed by atoms with Gasteiger partial charge in [-0.05, 0) is 51.2 Å². The number of amides is 1. The van der Waals surface area contributed by atoms with Gasteiger partial charge in [-0.15, -0.1) is 11.3 Å². The number of thiophene rings is 1. The molecule has 2 fully saturated rings. The summed E-state index contributed by atoms with van der Waals surface area (Å²) in [7, 11) is 0. The lowest BCUT2D eigenvalue weighted by Gasteiger charge is -2.27. The zero-order valence-electron chi connectivity index (χ0n) is 20.1. The maximum Gasteiger partial charge on any atom is 0.263 e. The number of ether oxygens (including phenoxy) is 1. The normalized spacial score (nSPS) is 26.0. The fourth-order valence-corrected chi connectivity index (χ4v) is 6.95. The van der Waals surface area contributed by atoms with E-state index in [9.17, 15) is 4.79 Å². The van der Waals surface area contributed by atoms with Gasteiger partial charge >= 0.3 is 0 Å². The molecule has 9 nitrogen and oxygen atoms in total. The fraction of sp³-hybridized carbons (Fsp3) is 0.520. The van der Waals surface area contributed by atoms with E-state index in [-0.39, 0.29) is 23.4 Å². The summed E-state index contributed by atoms with van der Waals surface area (Å²) in [5.41, 5.74) is 16.5. The Hall–Kier alpha value is -2.82. The number of nitrogens with two attached hydrogens (primary N) is 2. The van der Waals surface area contributed by atoms with Crippen molar-refractivity contribution >= 4 is 39.0 Å². The minimum atomic E-state index is -0.143. The Morgan fingerprint density at radius 2 is 2.14 bits per heavy atom. The van der Waals surface area contributed by atoms with Crippen molar-refractivity contribution in [3.63, 3.8) is 0 Å². The Morgan fingerprint density at radius 3 is 2.94 bits per heavy atom. The molecule has 0 saturated carbocycles. The molecule has 2 aliphatic heterocycles. The van der Waals surface area contributed by atoms with E-state index in [1.165, 1.54) is 16.9 Å². The number of aromatic nitrogens is 3. The lowest BCUT2D eigenvalue weighted by atomic mass is 9.83. The third kappa shape index (κ3) is 3.84. The average molecular weight is 494 g/mol. The van der Waals surface area contributed by atoms with Crippen LogP contribution >= 0.6 is 11.3 Å². The van der Waals surface area contributed by atoms with Crippen molar-refractivity contribution in [3.05, 3.63) is 39.8 Å². The zero-order chi connectivity index (χ0) is 24.3. The smallest absolute Gasteiger partial charge is 0.263 e. The largest absolute Gasteiger partial charge is 0.397 e. The quantitative estimate of drug-likeness (QED) is 0.506. The van der Waals surface area contributed by atoms with Crippen molar-refractivity contribution < 1.29 is 9.53 Å². The molecule has 0 radical (unpaired) electrons. The van der Waals surface area contributed by atoms with Gasteiger partial charge in [-0.3, -0.25) is 4.79 Å². The number of nitrogens with one attached hydrogen (secondary N) is 1. The number of anilines is 2. The van der Waals surface area contributed by atoms with Crippen molar-refractivity contribution in [1.29, 1.82) is 0 Å². The highest BCUT2D eigenvalue weighted by atomic mass is 32.1. The second kappa shape index (κ2) is 8.39. The molecule has 0 aromatic carbocycles. The van der Waals surface area contributed by atoms with Crippen LogP contribution in [0.1, 0.15) is 45.3 Å². The maximum absolute atomic E-state index is 13.1. The van der Waals surface area contributed by atoms with Crippen LogP contribution in [0.4, 0.5) is 11.5 Å². The second-order valence-electron chi connectivity index (χ2n) is 10.2. The Morgan fingerprint density at radius 1 is 1.29 bits per heavy atom. The minimum absolute atomic E-state index is 0.0419. The van der Waals surface area contributed by atoms with Crippen LogP contribution in [-0.2, 0) is 17.6 Å². The molecule has 3 aromatic heterocycles. The van der Waals surface area contributed by atoms with Crippen LogP contribution in [-0.4, -0.2) is 59.2 Å². The van der Waals surface area contributed by atoms with Gasteiger partial charge in [0.25, 0.3) is 5.91 Å². The number of rotatable bonds is 3. The molecule has 1 spiro atoms. The number of carbonyl (C=O) groups excluding carboxylic acids is 1. The summed E-state index contributed by atoms with van der Waals surface area (Å²) in [6.07, 6.45) is 3.45. The Bertz CT molecular complexity index is 1320. The summed E-state index contributed by atoms with van der Waals surface area (Å²) in [5, 5.41) is 3.98. The fourth-order valence-electron chi connectivity index (χ4n) is 5.86. The van der Waals surface area contributed by atoms with Crippen molar-refractivity contribution in [3.8, 4) is 0 Å². The average Bonchev–Trinajstić information content (AvgIpc) is 3.52. The molecule has 3 unspecified atom stereocenters. The summed E-state index contributed by atoms with van der Waals surface area (Å²) in [6.45, 7) is 7.00. The molecule has 5 N–H and O–H groups in total. The number of aryl methyl sites for hydroxylation is 3. The third-order valence-corrected chi connectivity index (χ3v) is 8.94. The Balaban J connectivity index is 1.16. The number of nitrogen functional groups attached to an aromatic ring is 1. The first-order valence-electron chi connectivity index (χ1n) is 12.2. The van der Waals surface area contributed by atoms with Gasteiger partial charge in [-0.2, -0.15) is 0 Å². The lowest BCUT2D eigenvalue weighted by molar-refractivity contribution is 0.0938. The SMILES string of the molecule is Cc1nc(C)c2c(N)c(C(=O)NC3CCc4nc(N5CC(N)C6(CCOC6)C5)ccc4C3)sc2n1. The van der Waals surface area contributed by atoms with Gasteiger partial charge in [0.2, 0.25) is 0 Å². The van der Waals surface area contributed by atoms with Gasteiger partial charge in [-0.1, -0.05) is 6.07 Å². The molecule has 1 aliphatic carbocycles. The van der Waals surface area contributed by atoms with Gasteiger partial charge in [0.1, 0.15) is 21.3 Å². The van der Waals surface area contributed by atoms with Gasteiger partial charge in [0, 0.05) is 42.9 Å². The molecule has 3 atom stereocenters. The molecule has 0 bridgehead atoms. The first-order valence-corrected chi connectivity index (χ1v) is 13.1. The summed E-state index contributed by atoms with van der Waals surface area (Å²) in [6, 6.07) is 4.41. The molecular formula is C25H31N7O2S. The van der Waals surface area contributed by atoms with E-state index in [0.29, 0.717) is 16.4 Å². The van der Waals surface area contributed by atoms with E-state index in [0.717, 1.165) is 79.4 Å². The first-order chi connectivity index (χ1) is 16.8. The predicted octanol–water partition coefficient (Wildman–Crippen LogP) is 2.13. The highest BCUT2D eigenvalue weighted by Gasteiger charge is 2.47. The van der Waals surface area contributed by atoms with Crippen LogP contribution in [0.25, 0.3) is 10.2 Å². The van der Waals surface area contributed by atoms with E-state index in [4.69, 9.17) is 21.2 Å². The van der Waals surface area contributed by atoms with Gasteiger partial charge < -0.3 is 26.4 Å².